The van der Waals surface area contributed by atoms with Gasteiger partial charge in [-0.1, -0.05) is 30.3 Å². The largest absolute Gasteiger partial charge is 0.480 e. The molecule has 0 spiro atoms. The van der Waals surface area contributed by atoms with Gasteiger partial charge in [0, 0.05) is 13.1 Å². The quantitative estimate of drug-likeness (QED) is 0.784. The zero-order chi connectivity index (χ0) is 15.9. The minimum atomic E-state index is -1.17. The highest BCUT2D eigenvalue weighted by molar-refractivity contribution is 7.80. The zero-order valence-electron chi connectivity index (χ0n) is 12.2. The molecule has 112 valence electrons. The molecule has 0 saturated carbocycles. The van der Waals surface area contributed by atoms with Gasteiger partial charge in [-0.05, 0) is 31.6 Å². The summed E-state index contributed by atoms with van der Waals surface area (Å²) in [6.45, 7) is 3.93. The van der Waals surface area contributed by atoms with Gasteiger partial charge in [-0.2, -0.15) is 5.26 Å². The minimum absolute atomic E-state index is 0.212. The molecule has 0 amide bonds. The van der Waals surface area contributed by atoms with Crippen LogP contribution < -0.4 is 5.32 Å². The van der Waals surface area contributed by atoms with E-state index < -0.39 is 11.5 Å². The van der Waals surface area contributed by atoms with Crippen LogP contribution in [0.15, 0.2) is 30.3 Å². The first-order valence-corrected chi connectivity index (χ1v) is 7.00. The van der Waals surface area contributed by atoms with Crippen LogP contribution in [0, 0.1) is 11.3 Å². The van der Waals surface area contributed by atoms with Gasteiger partial charge in [-0.15, -0.1) is 0 Å². The minimum Gasteiger partial charge on any atom is -0.480 e. The fourth-order valence-electron chi connectivity index (χ4n) is 1.78. The third kappa shape index (κ3) is 4.72. The molecule has 0 aliphatic carbocycles. The maximum absolute atomic E-state index is 11.4. The Morgan fingerprint density at radius 1 is 1.43 bits per heavy atom. The van der Waals surface area contributed by atoms with Gasteiger partial charge in [-0.3, -0.25) is 0 Å². The maximum Gasteiger partial charge on any atom is 0.329 e. The fourth-order valence-corrected chi connectivity index (χ4v) is 2.17. The lowest BCUT2D eigenvalue weighted by Crippen LogP contribution is -2.56. The second kappa shape index (κ2) is 7.60. The number of thiocarbonyl (C=S) groups is 1. The van der Waals surface area contributed by atoms with Crippen LogP contribution in [0.4, 0.5) is 0 Å². The number of nitriles is 1. The number of carbonyl (C=O) groups is 1. The Labute approximate surface area is 130 Å². The molecule has 0 aromatic heterocycles. The monoisotopic (exact) mass is 305 g/mol. The number of nitrogens with zero attached hydrogens (tertiary/aromatic N) is 2. The van der Waals surface area contributed by atoms with Crippen LogP contribution >= 0.6 is 12.2 Å². The second-order valence-corrected chi connectivity index (χ2v) is 5.45. The molecule has 1 aromatic rings. The maximum atomic E-state index is 11.4. The van der Waals surface area contributed by atoms with Gasteiger partial charge in [0.25, 0.3) is 0 Å². The summed E-state index contributed by atoms with van der Waals surface area (Å²) < 4.78 is 0. The summed E-state index contributed by atoms with van der Waals surface area (Å²) in [5.41, 5.74) is -0.120. The van der Waals surface area contributed by atoms with Crippen LogP contribution in [0.3, 0.4) is 0 Å². The molecule has 1 aromatic carbocycles. The Morgan fingerprint density at radius 2 is 2.05 bits per heavy atom. The van der Waals surface area contributed by atoms with Crippen molar-refractivity contribution >= 4 is 23.3 Å². The van der Waals surface area contributed by atoms with E-state index in [0.29, 0.717) is 11.7 Å². The molecular weight excluding hydrogens is 286 g/mol. The Morgan fingerprint density at radius 3 is 2.57 bits per heavy atom. The van der Waals surface area contributed by atoms with Crippen molar-refractivity contribution in [3.8, 4) is 6.07 Å². The lowest BCUT2D eigenvalue weighted by Gasteiger charge is -2.36. The normalized spacial score (nSPS) is 10.5. The van der Waals surface area contributed by atoms with Crippen LogP contribution in [0.25, 0.3) is 0 Å². The Balaban J connectivity index is 2.76. The lowest BCUT2D eigenvalue weighted by atomic mass is 10.0. The molecule has 0 aliphatic heterocycles. The van der Waals surface area contributed by atoms with E-state index in [2.05, 4.69) is 5.32 Å². The van der Waals surface area contributed by atoms with Crippen molar-refractivity contribution in [3.63, 3.8) is 0 Å². The SMILES string of the molecule is CC(C)(C(=O)O)N(CCC#N)C(=S)NCc1ccccc1. The topological polar surface area (TPSA) is 76.4 Å². The summed E-state index contributed by atoms with van der Waals surface area (Å²) in [6.07, 6.45) is 0.212. The molecule has 6 heteroatoms. The fraction of sp³-hybridized carbons (Fsp3) is 0.400. The number of hydrogen-bond acceptors (Lipinski definition) is 3. The van der Waals surface area contributed by atoms with E-state index >= 15 is 0 Å². The van der Waals surface area contributed by atoms with E-state index in [4.69, 9.17) is 17.5 Å². The van der Waals surface area contributed by atoms with Crippen molar-refractivity contribution in [2.24, 2.45) is 0 Å². The Hall–Kier alpha value is -2.13. The molecule has 2 N–H and O–H groups in total. The Bertz CT molecular complexity index is 538. The van der Waals surface area contributed by atoms with E-state index in [0.717, 1.165) is 5.56 Å². The summed E-state index contributed by atoms with van der Waals surface area (Å²) in [7, 11) is 0. The molecule has 0 aliphatic rings. The van der Waals surface area contributed by atoms with Crippen LogP contribution in [-0.2, 0) is 11.3 Å². The van der Waals surface area contributed by atoms with Gasteiger partial charge in [0.2, 0.25) is 0 Å². The predicted molar refractivity (Wildman–Crippen MR) is 84.5 cm³/mol. The molecule has 0 radical (unpaired) electrons. The van der Waals surface area contributed by atoms with Crippen molar-refractivity contribution in [3.05, 3.63) is 35.9 Å². The van der Waals surface area contributed by atoms with Gasteiger partial charge < -0.3 is 15.3 Å². The van der Waals surface area contributed by atoms with E-state index in [1.165, 1.54) is 4.90 Å². The smallest absolute Gasteiger partial charge is 0.329 e. The number of hydrogen-bond donors (Lipinski definition) is 2. The summed E-state index contributed by atoms with van der Waals surface area (Å²) in [5, 5.41) is 21.4. The standard InChI is InChI=1S/C15H19N3O2S/c1-15(2,13(19)20)18(10-6-9-16)14(21)17-11-12-7-4-3-5-8-12/h3-5,7-8H,6,10-11H2,1-2H3,(H,17,21)(H,19,20). The van der Waals surface area contributed by atoms with Crippen molar-refractivity contribution < 1.29 is 9.90 Å². The van der Waals surface area contributed by atoms with E-state index in [9.17, 15) is 9.90 Å². The summed E-state index contributed by atoms with van der Waals surface area (Å²) >= 11 is 5.30. The lowest BCUT2D eigenvalue weighted by molar-refractivity contribution is -0.146. The highest BCUT2D eigenvalue weighted by Gasteiger charge is 2.35. The Kier molecular flexibility index (Phi) is 6.12. The first-order chi connectivity index (χ1) is 9.89. The summed E-state index contributed by atoms with van der Waals surface area (Å²) in [4.78, 5) is 12.9. The van der Waals surface area contributed by atoms with Crippen molar-refractivity contribution in [1.82, 2.24) is 10.2 Å². The molecule has 0 saturated heterocycles. The van der Waals surface area contributed by atoms with Gasteiger partial charge in [-0.25, -0.2) is 4.79 Å². The molecule has 0 atom stereocenters. The average molecular weight is 305 g/mol. The summed E-state index contributed by atoms with van der Waals surface area (Å²) in [6, 6.07) is 11.7. The number of aliphatic carboxylic acids is 1. The number of benzene rings is 1. The first-order valence-electron chi connectivity index (χ1n) is 6.59. The highest BCUT2D eigenvalue weighted by atomic mass is 32.1. The van der Waals surface area contributed by atoms with E-state index in [1.54, 1.807) is 13.8 Å². The molecule has 21 heavy (non-hydrogen) atoms. The van der Waals surface area contributed by atoms with E-state index in [1.807, 2.05) is 36.4 Å². The number of rotatable bonds is 6. The molecule has 0 unspecified atom stereocenters. The van der Waals surface area contributed by atoms with Gasteiger partial charge in [0.05, 0.1) is 12.5 Å². The van der Waals surface area contributed by atoms with Gasteiger partial charge >= 0.3 is 5.97 Å². The average Bonchev–Trinajstić information content (AvgIpc) is 2.46. The van der Waals surface area contributed by atoms with Crippen LogP contribution in [0.5, 0.6) is 0 Å². The second-order valence-electron chi connectivity index (χ2n) is 5.07. The van der Waals surface area contributed by atoms with Gasteiger partial charge in [0.15, 0.2) is 5.11 Å². The third-order valence-electron chi connectivity index (χ3n) is 3.18. The van der Waals surface area contributed by atoms with E-state index in [-0.39, 0.29) is 13.0 Å². The molecule has 5 nitrogen and oxygen atoms in total. The predicted octanol–water partition coefficient (Wildman–Crippen LogP) is 2.14. The first kappa shape index (κ1) is 16.9. The van der Waals surface area contributed by atoms with Crippen LogP contribution in [0.1, 0.15) is 25.8 Å². The van der Waals surface area contributed by atoms with Crippen LogP contribution in [0.2, 0.25) is 0 Å². The third-order valence-corrected chi connectivity index (χ3v) is 3.54. The van der Waals surface area contributed by atoms with Crippen LogP contribution in [-0.4, -0.2) is 33.2 Å². The zero-order valence-corrected chi connectivity index (χ0v) is 13.0. The summed E-state index contributed by atoms with van der Waals surface area (Å²) in [5.74, 6) is -0.982. The van der Waals surface area contributed by atoms with Crippen molar-refractivity contribution in [2.45, 2.75) is 32.4 Å². The van der Waals surface area contributed by atoms with Crippen molar-refractivity contribution in [2.75, 3.05) is 6.54 Å². The van der Waals surface area contributed by atoms with Gasteiger partial charge in [0.1, 0.15) is 5.54 Å². The molecule has 0 fully saturated rings. The van der Waals surface area contributed by atoms with Crippen molar-refractivity contribution in [1.29, 1.82) is 5.26 Å². The molecule has 1 rings (SSSR count). The molecular formula is C15H19N3O2S. The number of carboxylic acid groups (broad SMARTS) is 1. The number of nitrogens with one attached hydrogen (secondary N) is 1. The number of carboxylic acids is 1. The molecule has 0 bridgehead atoms. The molecule has 0 heterocycles. The highest BCUT2D eigenvalue weighted by Crippen LogP contribution is 2.16.